The molecule has 0 saturated heterocycles. The molecule has 2 aromatic rings. The van der Waals surface area contributed by atoms with Gasteiger partial charge in [0.2, 0.25) is 0 Å². The lowest BCUT2D eigenvalue weighted by molar-refractivity contribution is 0.0724. The molecule has 3 nitrogen and oxygen atoms in total. The molecule has 0 N–H and O–H groups in total. The lowest BCUT2D eigenvalue weighted by Gasteiger charge is -2.07. The number of carbonyl (C=O) groups excluding carboxylic acids is 1. The molecule has 0 spiro atoms. The van der Waals surface area contributed by atoms with Crippen molar-refractivity contribution >= 4 is 5.97 Å². The first kappa shape index (κ1) is 16.3. The smallest absolute Gasteiger partial charge is 0.349 e. The Morgan fingerprint density at radius 1 is 1.14 bits per heavy atom. The first-order valence-corrected chi connectivity index (χ1v) is 5.69. The van der Waals surface area contributed by atoms with Gasteiger partial charge in [0.1, 0.15) is 22.9 Å². The van der Waals surface area contributed by atoms with Crippen LogP contribution in [0.25, 0.3) is 0 Å². The number of rotatable bonds is 2. The van der Waals surface area contributed by atoms with Gasteiger partial charge in [0.05, 0.1) is 11.6 Å². The van der Waals surface area contributed by atoms with Gasteiger partial charge in [0.25, 0.3) is 0 Å². The molecule has 0 radical (unpaired) electrons. The summed E-state index contributed by atoms with van der Waals surface area (Å²) in [5.41, 5.74) is 0.0207. The number of hydrogen-bond donors (Lipinski definition) is 0. The van der Waals surface area contributed by atoms with E-state index in [4.69, 9.17) is 10.00 Å². The van der Waals surface area contributed by atoms with Crippen LogP contribution in [0.15, 0.2) is 36.4 Å². The van der Waals surface area contributed by atoms with Gasteiger partial charge in [-0.15, -0.1) is 0 Å². The lowest BCUT2D eigenvalue weighted by Crippen LogP contribution is -2.13. The highest BCUT2D eigenvalue weighted by atomic mass is 19.1. The molecule has 0 aliphatic carbocycles. The predicted octanol–water partition coefficient (Wildman–Crippen LogP) is 4.00. The van der Waals surface area contributed by atoms with E-state index in [-0.39, 0.29) is 13.2 Å². The molecule has 21 heavy (non-hydrogen) atoms. The summed E-state index contributed by atoms with van der Waals surface area (Å²) in [5, 5.41) is 8.63. The van der Waals surface area contributed by atoms with Gasteiger partial charge in [-0.3, -0.25) is 0 Å². The van der Waals surface area contributed by atoms with Gasteiger partial charge < -0.3 is 4.74 Å². The quantitative estimate of drug-likeness (QED) is 0.620. The zero-order valence-corrected chi connectivity index (χ0v) is 10.5. The van der Waals surface area contributed by atoms with Crippen LogP contribution < -0.4 is 4.74 Å². The van der Waals surface area contributed by atoms with Gasteiger partial charge in [-0.25, -0.2) is 13.6 Å². The van der Waals surface area contributed by atoms with Crippen molar-refractivity contribution in [1.29, 1.82) is 5.26 Å². The minimum Gasteiger partial charge on any atom is -0.423 e. The van der Waals surface area contributed by atoms with E-state index in [1.807, 2.05) is 6.07 Å². The summed E-state index contributed by atoms with van der Waals surface area (Å²) in [6.45, 7) is 1.52. The van der Waals surface area contributed by atoms with Crippen molar-refractivity contribution in [1.82, 2.24) is 0 Å². The second-order valence-electron chi connectivity index (χ2n) is 4.13. The van der Waals surface area contributed by atoms with E-state index in [2.05, 4.69) is 0 Å². The minimum absolute atomic E-state index is 0. The van der Waals surface area contributed by atoms with Gasteiger partial charge in [-0.05, 0) is 48.9 Å². The fraction of sp³-hybridized carbons (Fsp3) is 0.125. The third-order valence-corrected chi connectivity index (χ3v) is 2.58. The Balaban J connectivity index is 0.00000220. The number of benzene rings is 2. The molecule has 0 fully saturated rings. The molecule has 2 aromatic carbocycles. The highest BCUT2D eigenvalue weighted by Crippen LogP contribution is 2.19. The van der Waals surface area contributed by atoms with E-state index in [9.17, 15) is 13.6 Å². The van der Waals surface area contributed by atoms with Gasteiger partial charge in [-0.1, -0.05) is 7.43 Å². The molecule has 5 heteroatoms. The molecule has 2 rings (SSSR count). The number of nitriles is 1. The summed E-state index contributed by atoms with van der Waals surface area (Å²) in [7, 11) is 0. The Hall–Kier alpha value is -2.74. The molecule has 0 saturated carbocycles. The Morgan fingerprint density at radius 3 is 2.14 bits per heavy atom. The van der Waals surface area contributed by atoms with Crippen LogP contribution >= 0.6 is 0 Å². The van der Waals surface area contributed by atoms with Crippen LogP contribution in [0.1, 0.15) is 28.9 Å². The number of nitrogens with zero attached hydrogens (tertiary/aromatic N) is 1. The summed E-state index contributed by atoms with van der Waals surface area (Å²) in [5.74, 6) is -2.96. The predicted molar refractivity (Wildman–Crippen MR) is 73.9 cm³/mol. The molecule has 0 aliphatic heterocycles. The molecule has 108 valence electrons. The number of aryl methyl sites for hydroxylation is 1. The van der Waals surface area contributed by atoms with Crippen molar-refractivity contribution < 1.29 is 18.3 Å². The SMILES string of the molecule is C.Cc1cc(F)c(C(=O)Oc2ccc(C#N)cc2)c(F)c1. The van der Waals surface area contributed by atoms with Gasteiger partial charge in [0, 0.05) is 0 Å². The average molecular weight is 289 g/mol. The van der Waals surface area contributed by atoms with E-state index in [0.29, 0.717) is 11.1 Å². The van der Waals surface area contributed by atoms with Crippen LogP contribution in [0.5, 0.6) is 5.75 Å². The minimum atomic E-state index is -1.12. The van der Waals surface area contributed by atoms with Crippen molar-refractivity contribution in [2.75, 3.05) is 0 Å². The molecular formula is C16H13F2NO2. The normalized spacial score (nSPS) is 9.43. The fourth-order valence-electron chi connectivity index (χ4n) is 1.65. The van der Waals surface area contributed by atoms with Gasteiger partial charge in [-0.2, -0.15) is 5.26 Å². The van der Waals surface area contributed by atoms with Crippen LogP contribution in [0.4, 0.5) is 8.78 Å². The van der Waals surface area contributed by atoms with Crippen LogP contribution in [0.2, 0.25) is 0 Å². The molecule has 0 aromatic heterocycles. The third kappa shape index (κ3) is 3.63. The number of carbonyl (C=O) groups is 1. The van der Waals surface area contributed by atoms with Crippen LogP contribution in [0, 0.1) is 29.9 Å². The average Bonchev–Trinajstić information content (AvgIpc) is 2.38. The number of ether oxygens (including phenoxy) is 1. The number of esters is 1. The zero-order chi connectivity index (χ0) is 14.7. The summed E-state index contributed by atoms with van der Waals surface area (Å²) >= 11 is 0. The maximum atomic E-state index is 13.6. The van der Waals surface area contributed by atoms with E-state index >= 15 is 0 Å². The Bertz CT molecular complexity index is 680. The molecule has 0 amide bonds. The van der Waals surface area contributed by atoms with Crippen LogP contribution in [-0.2, 0) is 0 Å². The lowest BCUT2D eigenvalue weighted by atomic mass is 10.1. The fourth-order valence-corrected chi connectivity index (χ4v) is 1.65. The van der Waals surface area contributed by atoms with Gasteiger partial charge >= 0.3 is 5.97 Å². The third-order valence-electron chi connectivity index (χ3n) is 2.58. The van der Waals surface area contributed by atoms with Crippen molar-refractivity contribution in [3.8, 4) is 11.8 Å². The maximum Gasteiger partial charge on any atom is 0.349 e. The second-order valence-corrected chi connectivity index (χ2v) is 4.13. The van der Waals surface area contributed by atoms with E-state index in [0.717, 1.165) is 12.1 Å². The maximum absolute atomic E-state index is 13.6. The van der Waals surface area contributed by atoms with Crippen molar-refractivity contribution in [3.63, 3.8) is 0 Å². The Kier molecular flexibility index (Phi) is 5.14. The first-order chi connectivity index (χ1) is 9.51. The highest BCUT2D eigenvalue weighted by Gasteiger charge is 2.20. The van der Waals surface area contributed by atoms with Crippen LogP contribution in [0.3, 0.4) is 0 Å². The zero-order valence-electron chi connectivity index (χ0n) is 10.5. The summed E-state index contributed by atoms with van der Waals surface area (Å²) < 4.78 is 32.1. The molecule has 0 aliphatic rings. The monoisotopic (exact) mass is 289 g/mol. The number of hydrogen-bond acceptors (Lipinski definition) is 3. The first-order valence-electron chi connectivity index (χ1n) is 5.69. The Labute approximate surface area is 121 Å². The van der Waals surface area contributed by atoms with Crippen molar-refractivity contribution in [2.24, 2.45) is 0 Å². The second kappa shape index (κ2) is 6.62. The van der Waals surface area contributed by atoms with Crippen molar-refractivity contribution in [3.05, 3.63) is 64.7 Å². The summed E-state index contributed by atoms with van der Waals surface area (Å²) in [6.07, 6.45) is 0. The van der Waals surface area contributed by atoms with E-state index in [1.165, 1.54) is 31.2 Å². The van der Waals surface area contributed by atoms with Crippen molar-refractivity contribution in [2.45, 2.75) is 14.4 Å². The Morgan fingerprint density at radius 2 is 1.67 bits per heavy atom. The largest absolute Gasteiger partial charge is 0.423 e. The van der Waals surface area contributed by atoms with Gasteiger partial charge in [0.15, 0.2) is 0 Å². The molecular weight excluding hydrogens is 276 g/mol. The topological polar surface area (TPSA) is 50.1 Å². The van der Waals surface area contributed by atoms with E-state index < -0.39 is 23.2 Å². The number of halogens is 2. The molecule has 0 unspecified atom stereocenters. The highest BCUT2D eigenvalue weighted by molar-refractivity contribution is 5.91. The van der Waals surface area contributed by atoms with Crippen LogP contribution in [-0.4, -0.2) is 5.97 Å². The van der Waals surface area contributed by atoms with E-state index in [1.54, 1.807) is 0 Å². The molecule has 0 bridgehead atoms. The summed E-state index contributed by atoms with van der Waals surface area (Å²) in [4.78, 5) is 11.8. The summed E-state index contributed by atoms with van der Waals surface area (Å²) in [6, 6.07) is 9.63. The molecule has 0 heterocycles. The standard InChI is InChI=1S/C15H9F2NO2.CH4/c1-9-6-12(16)14(13(17)7-9)15(19)20-11-4-2-10(8-18)3-5-11;/h2-7H,1H3;1H4. The molecule has 0 atom stereocenters.